The lowest BCUT2D eigenvalue weighted by molar-refractivity contribution is -0.117. The molecule has 2 N–H and O–H groups in total. The van der Waals surface area contributed by atoms with Crippen molar-refractivity contribution in [2.75, 3.05) is 13.2 Å². The highest BCUT2D eigenvalue weighted by molar-refractivity contribution is 5.20. The first-order valence-corrected chi connectivity index (χ1v) is 7.13. The van der Waals surface area contributed by atoms with Crippen molar-refractivity contribution in [2.45, 2.75) is 45.4 Å². The second kappa shape index (κ2) is 6.04. The van der Waals surface area contributed by atoms with E-state index in [-0.39, 0.29) is 18.1 Å². The fourth-order valence-corrected chi connectivity index (χ4v) is 2.83. The Kier molecular flexibility index (Phi) is 4.61. The van der Waals surface area contributed by atoms with Gasteiger partial charge >= 0.3 is 0 Å². The molecule has 3 nitrogen and oxygen atoms in total. The Labute approximate surface area is 116 Å². The summed E-state index contributed by atoms with van der Waals surface area (Å²) in [5, 5.41) is 13.2. The number of aliphatic hydroxyl groups is 1. The lowest BCUT2D eigenvalue weighted by atomic mass is 9.64. The van der Waals surface area contributed by atoms with E-state index in [0.717, 1.165) is 18.6 Å². The Balaban J connectivity index is 1.98. The molecule has 1 aliphatic rings. The molecule has 3 atom stereocenters. The van der Waals surface area contributed by atoms with Gasteiger partial charge in [-0.15, -0.1) is 0 Å². The molecule has 2 rings (SSSR count). The number of benzene rings is 1. The van der Waals surface area contributed by atoms with Gasteiger partial charge in [0.1, 0.15) is 0 Å². The Morgan fingerprint density at radius 1 is 1.37 bits per heavy atom. The molecule has 0 aromatic heterocycles. The van der Waals surface area contributed by atoms with E-state index in [1.807, 2.05) is 25.1 Å². The van der Waals surface area contributed by atoms with Gasteiger partial charge in [-0.2, -0.15) is 0 Å². The second-order valence-electron chi connectivity index (χ2n) is 5.87. The zero-order chi connectivity index (χ0) is 13.9. The van der Waals surface area contributed by atoms with Gasteiger partial charge in [-0.3, -0.25) is 0 Å². The van der Waals surface area contributed by atoms with Gasteiger partial charge in [0.25, 0.3) is 0 Å². The number of hydrogen-bond acceptors (Lipinski definition) is 3. The Morgan fingerprint density at radius 3 is 2.58 bits per heavy atom. The van der Waals surface area contributed by atoms with Gasteiger partial charge in [0.2, 0.25) is 0 Å². The molecule has 106 valence electrons. The van der Waals surface area contributed by atoms with Crippen molar-refractivity contribution in [1.82, 2.24) is 5.32 Å². The first kappa shape index (κ1) is 14.5. The first-order valence-electron chi connectivity index (χ1n) is 7.13. The first-order chi connectivity index (χ1) is 9.09. The maximum atomic E-state index is 9.59. The standard InChI is InChI=1S/C16H25NO2/c1-4-19-15-10-14(16(15,2)3)17-13(11-18)12-8-6-5-7-9-12/h5-9,13-15,17-18H,4,10-11H2,1-3H3. The maximum absolute atomic E-state index is 9.59. The molecule has 3 heteroatoms. The average molecular weight is 263 g/mol. The SMILES string of the molecule is CCOC1CC(NC(CO)c2ccccc2)C1(C)C. The fraction of sp³-hybridized carbons (Fsp3) is 0.625. The van der Waals surface area contributed by atoms with Crippen LogP contribution in [0.4, 0.5) is 0 Å². The highest BCUT2D eigenvalue weighted by atomic mass is 16.5. The average Bonchev–Trinajstić information content (AvgIpc) is 2.43. The van der Waals surface area contributed by atoms with E-state index in [4.69, 9.17) is 4.74 Å². The number of nitrogens with one attached hydrogen (secondary N) is 1. The van der Waals surface area contributed by atoms with Gasteiger partial charge in [0.15, 0.2) is 0 Å². The third-order valence-corrected chi connectivity index (χ3v) is 4.33. The largest absolute Gasteiger partial charge is 0.394 e. The monoisotopic (exact) mass is 263 g/mol. The van der Waals surface area contributed by atoms with E-state index in [9.17, 15) is 5.11 Å². The van der Waals surface area contributed by atoms with Crippen LogP contribution < -0.4 is 5.32 Å². The Bertz CT molecular complexity index is 391. The second-order valence-corrected chi connectivity index (χ2v) is 5.87. The van der Waals surface area contributed by atoms with Crippen LogP contribution in [0.1, 0.15) is 38.8 Å². The van der Waals surface area contributed by atoms with Crippen molar-refractivity contribution in [3.8, 4) is 0 Å². The van der Waals surface area contributed by atoms with Crippen LogP contribution in [0.2, 0.25) is 0 Å². The molecule has 1 saturated carbocycles. The minimum Gasteiger partial charge on any atom is -0.394 e. The predicted octanol–water partition coefficient (Wildman–Crippen LogP) is 2.51. The third kappa shape index (κ3) is 2.99. The highest BCUT2D eigenvalue weighted by Gasteiger charge is 2.49. The minimum absolute atomic E-state index is 0.00746. The smallest absolute Gasteiger partial charge is 0.0655 e. The number of aliphatic hydroxyl groups excluding tert-OH is 1. The molecule has 1 aromatic carbocycles. The third-order valence-electron chi connectivity index (χ3n) is 4.33. The van der Waals surface area contributed by atoms with Gasteiger partial charge in [-0.1, -0.05) is 44.2 Å². The molecule has 0 spiro atoms. The van der Waals surface area contributed by atoms with Gasteiger partial charge in [-0.25, -0.2) is 0 Å². The zero-order valence-electron chi connectivity index (χ0n) is 12.1. The number of ether oxygens (including phenoxy) is 1. The topological polar surface area (TPSA) is 41.5 Å². The summed E-state index contributed by atoms with van der Waals surface area (Å²) >= 11 is 0. The molecular weight excluding hydrogens is 238 g/mol. The van der Waals surface area contributed by atoms with Crippen molar-refractivity contribution in [3.05, 3.63) is 35.9 Å². The van der Waals surface area contributed by atoms with Crippen molar-refractivity contribution < 1.29 is 9.84 Å². The Hall–Kier alpha value is -0.900. The van der Waals surface area contributed by atoms with Crippen LogP contribution in [-0.4, -0.2) is 30.5 Å². The molecule has 0 bridgehead atoms. The van der Waals surface area contributed by atoms with Crippen LogP contribution in [-0.2, 0) is 4.74 Å². The van der Waals surface area contributed by atoms with Crippen molar-refractivity contribution in [1.29, 1.82) is 0 Å². The minimum atomic E-state index is 0.00746. The summed E-state index contributed by atoms with van der Waals surface area (Å²) in [6.45, 7) is 7.39. The van der Waals surface area contributed by atoms with Crippen molar-refractivity contribution in [3.63, 3.8) is 0 Å². The van der Waals surface area contributed by atoms with Crippen molar-refractivity contribution >= 4 is 0 Å². The van der Waals surface area contributed by atoms with E-state index >= 15 is 0 Å². The van der Waals surface area contributed by atoms with Crippen LogP contribution in [0, 0.1) is 5.41 Å². The quantitative estimate of drug-likeness (QED) is 0.828. The number of rotatable bonds is 6. The molecule has 0 aliphatic heterocycles. The van der Waals surface area contributed by atoms with E-state index in [0.29, 0.717) is 12.1 Å². The molecule has 1 aliphatic carbocycles. The summed E-state index contributed by atoms with van der Waals surface area (Å²) in [6.07, 6.45) is 1.34. The molecule has 0 heterocycles. The molecule has 1 fully saturated rings. The van der Waals surface area contributed by atoms with Crippen LogP contribution in [0.25, 0.3) is 0 Å². The summed E-state index contributed by atoms with van der Waals surface area (Å²) in [4.78, 5) is 0. The van der Waals surface area contributed by atoms with Gasteiger partial charge in [-0.05, 0) is 18.9 Å². The van der Waals surface area contributed by atoms with E-state index in [1.165, 1.54) is 0 Å². The summed E-state index contributed by atoms with van der Waals surface area (Å²) in [5.41, 5.74) is 1.26. The lowest BCUT2D eigenvalue weighted by Gasteiger charge is -2.52. The van der Waals surface area contributed by atoms with E-state index < -0.39 is 0 Å². The van der Waals surface area contributed by atoms with Crippen LogP contribution in [0.3, 0.4) is 0 Å². The molecule has 1 aromatic rings. The summed E-state index contributed by atoms with van der Waals surface area (Å²) in [6, 6.07) is 10.5. The summed E-state index contributed by atoms with van der Waals surface area (Å²) in [5.74, 6) is 0. The number of hydrogen-bond donors (Lipinski definition) is 2. The summed E-state index contributed by atoms with van der Waals surface area (Å²) < 4.78 is 5.74. The molecule has 0 saturated heterocycles. The van der Waals surface area contributed by atoms with Crippen LogP contribution in [0.5, 0.6) is 0 Å². The predicted molar refractivity (Wildman–Crippen MR) is 77.0 cm³/mol. The molecular formula is C16H25NO2. The Morgan fingerprint density at radius 2 is 2.05 bits per heavy atom. The highest BCUT2D eigenvalue weighted by Crippen LogP contribution is 2.43. The maximum Gasteiger partial charge on any atom is 0.0655 e. The molecule has 0 radical (unpaired) electrons. The van der Waals surface area contributed by atoms with Gasteiger partial charge < -0.3 is 15.2 Å². The summed E-state index contributed by atoms with van der Waals surface area (Å²) in [7, 11) is 0. The van der Waals surface area contributed by atoms with E-state index in [2.05, 4.69) is 31.3 Å². The van der Waals surface area contributed by atoms with Gasteiger partial charge in [0.05, 0.1) is 18.8 Å². The van der Waals surface area contributed by atoms with E-state index in [1.54, 1.807) is 0 Å². The van der Waals surface area contributed by atoms with Crippen LogP contribution in [0.15, 0.2) is 30.3 Å². The lowest BCUT2D eigenvalue weighted by Crippen LogP contribution is -2.61. The molecule has 19 heavy (non-hydrogen) atoms. The van der Waals surface area contributed by atoms with Crippen LogP contribution >= 0.6 is 0 Å². The molecule has 3 unspecified atom stereocenters. The normalized spacial score (nSPS) is 26.7. The fourth-order valence-electron chi connectivity index (χ4n) is 2.83. The molecule has 0 amide bonds. The van der Waals surface area contributed by atoms with Gasteiger partial charge in [0, 0.05) is 18.1 Å². The zero-order valence-corrected chi connectivity index (χ0v) is 12.1. The van der Waals surface area contributed by atoms with Crippen molar-refractivity contribution in [2.24, 2.45) is 5.41 Å².